The molecule has 0 aromatic carbocycles. The first-order valence-electron chi connectivity index (χ1n) is 3.22. The van der Waals surface area contributed by atoms with Gasteiger partial charge in [0.25, 0.3) is 0 Å². The third-order valence-electron chi connectivity index (χ3n) is 0.779. The van der Waals surface area contributed by atoms with Gasteiger partial charge in [-0.2, -0.15) is 0 Å². The molecule has 0 aromatic rings. The van der Waals surface area contributed by atoms with Crippen LogP contribution in [0.2, 0.25) is 8.97 Å². The maximum absolute atomic E-state index is 10.5. The summed E-state index contributed by atoms with van der Waals surface area (Å²) < 4.78 is 13.2. The van der Waals surface area contributed by atoms with E-state index in [0.717, 1.165) is 0 Å². The molecule has 0 aliphatic heterocycles. The first-order chi connectivity index (χ1) is 4.83. The molecule has 0 heterocycles. The van der Waals surface area contributed by atoms with Crippen LogP contribution < -0.4 is 0 Å². The van der Waals surface area contributed by atoms with Gasteiger partial charge in [0, 0.05) is 0 Å². The second kappa shape index (κ2) is 4.03. The van der Waals surface area contributed by atoms with Gasteiger partial charge < -0.3 is 0 Å². The van der Waals surface area contributed by atoms with E-state index < -0.39 is 22.1 Å². The molecular weight excluding hydrogens is 343 g/mol. The van der Waals surface area contributed by atoms with Crippen LogP contribution in [0, 0.1) is 0 Å². The Bertz CT molecular complexity index is 157. The van der Waals surface area contributed by atoms with Crippen molar-refractivity contribution in [2.75, 3.05) is 0 Å². The third kappa shape index (κ3) is 6.27. The van der Waals surface area contributed by atoms with Crippen LogP contribution >= 0.6 is 0 Å². The van der Waals surface area contributed by atoms with E-state index >= 15 is 0 Å². The van der Waals surface area contributed by atoms with Gasteiger partial charge in [-0.15, -0.1) is 0 Å². The van der Waals surface area contributed by atoms with Crippen LogP contribution in [0.25, 0.3) is 0 Å². The van der Waals surface area contributed by atoms with Crippen molar-refractivity contribution in [3.05, 3.63) is 0 Å². The summed E-state index contributed by atoms with van der Waals surface area (Å²) in [5.74, 6) is -0.754. The van der Waals surface area contributed by atoms with Gasteiger partial charge in [-0.3, -0.25) is 0 Å². The van der Waals surface area contributed by atoms with Crippen molar-refractivity contribution in [2.45, 2.75) is 22.8 Å². The van der Waals surface area contributed by atoms with E-state index in [2.05, 4.69) is 0 Å². The first kappa shape index (κ1) is 10.9. The maximum atomic E-state index is 10.5. The fourth-order valence-electron chi connectivity index (χ4n) is 0.713. The molecule has 0 radical (unpaired) electrons. The molecule has 11 heavy (non-hydrogen) atoms. The van der Waals surface area contributed by atoms with Gasteiger partial charge in [-0.05, 0) is 0 Å². The van der Waals surface area contributed by atoms with Crippen molar-refractivity contribution < 1.29 is 15.0 Å². The summed E-state index contributed by atoms with van der Waals surface area (Å²) in [5.41, 5.74) is 0. The van der Waals surface area contributed by atoms with Crippen LogP contribution in [0.5, 0.6) is 0 Å². The van der Waals surface area contributed by atoms with Gasteiger partial charge in [-0.25, -0.2) is 0 Å². The van der Waals surface area contributed by atoms with E-state index in [0.29, 0.717) is 0 Å². The van der Waals surface area contributed by atoms with Crippen LogP contribution in [0.15, 0.2) is 0 Å². The summed E-state index contributed by atoms with van der Waals surface area (Å²) in [4.78, 5) is 21.0. The SMILES string of the molecule is CC(=O)[O][Pb]([CH3])([CH3])[O]C(C)=O. The molecule has 0 atom stereocenters. The molecule has 0 unspecified atom stereocenters. The number of carbonyl (C=O) groups is 2. The summed E-state index contributed by atoms with van der Waals surface area (Å²) in [7, 11) is 0. The molecule has 0 bridgehead atoms. The van der Waals surface area contributed by atoms with Gasteiger partial charge in [0.15, 0.2) is 0 Å². The Balaban J connectivity index is 3.99. The summed E-state index contributed by atoms with van der Waals surface area (Å²) in [6, 6.07) is 0. The minimum atomic E-state index is -3.35. The molecule has 0 aliphatic carbocycles. The molecule has 0 saturated carbocycles. The molecular formula is C6H12O4Pb. The van der Waals surface area contributed by atoms with Crippen LogP contribution in [0.1, 0.15) is 13.8 Å². The van der Waals surface area contributed by atoms with E-state index in [1.165, 1.54) is 13.8 Å². The molecule has 0 fully saturated rings. The fraction of sp³-hybridized carbons (Fsp3) is 0.667. The zero-order chi connectivity index (χ0) is 9.07. The zero-order valence-electron chi connectivity index (χ0n) is 7.13. The molecule has 4 nitrogen and oxygen atoms in total. The predicted octanol–water partition coefficient (Wildman–Crippen LogP) is 0.814. The normalized spacial score (nSPS) is 10.5. The molecule has 0 rings (SSSR count). The van der Waals surface area contributed by atoms with Crippen molar-refractivity contribution in [1.82, 2.24) is 0 Å². The Morgan fingerprint density at radius 1 is 1.00 bits per heavy atom. The molecule has 0 spiro atoms. The standard InChI is InChI=1S/2C2H4O2.2CH3.Pb/c2*1-2(3)4;;;/h2*1H3,(H,3,4);2*1H3;/q;;;;+2/p-2. The second-order valence-electron chi connectivity index (χ2n) is 2.59. The van der Waals surface area contributed by atoms with E-state index in [9.17, 15) is 9.59 Å². The Morgan fingerprint density at radius 2 is 1.27 bits per heavy atom. The Labute approximate surface area is 71.8 Å². The minimum absolute atomic E-state index is 0.377. The van der Waals surface area contributed by atoms with Gasteiger partial charge in [0.05, 0.1) is 0 Å². The number of hydrogen-bond donors (Lipinski definition) is 0. The summed E-state index contributed by atoms with van der Waals surface area (Å²) in [5, 5.41) is 0. The number of hydrogen-bond acceptors (Lipinski definition) is 4. The van der Waals surface area contributed by atoms with Crippen molar-refractivity contribution in [3.63, 3.8) is 0 Å². The monoisotopic (exact) mass is 356 g/mol. The van der Waals surface area contributed by atoms with E-state index in [-0.39, 0.29) is 11.9 Å². The van der Waals surface area contributed by atoms with Crippen LogP contribution in [-0.2, 0) is 15.0 Å². The fourth-order valence-corrected chi connectivity index (χ4v) is 6.26. The second-order valence-corrected chi connectivity index (χ2v) is 15.1. The van der Waals surface area contributed by atoms with Gasteiger partial charge in [-0.1, -0.05) is 0 Å². The quantitative estimate of drug-likeness (QED) is 0.688. The number of carbonyl (C=O) groups excluding carboxylic acids is 2. The van der Waals surface area contributed by atoms with E-state index in [4.69, 9.17) is 5.37 Å². The molecule has 0 aliphatic rings. The molecule has 0 aromatic heterocycles. The van der Waals surface area contributed by atoms with E-state index in [1.54, 1.807) is 8.97 Å². The Morgan fingerprint density at radius 3 is 1.45 bits per heavy atom. The number of rotatable bonds is 2. The molecule has 5 heteroatoms. The molecule has 0 N–H and O–H groups in total. The van der Waals surface area contributed by atoms with Gasteiger partial charge in [0.2, 0.25) is 0 Å². The summed E-state index contributed by atoms with van der Waals surface area (Å²) >= 11 is -3.35. The van der Waals surface area contributed by atoms with Gasteiger partial charge in [0.1, 0.15) is 0 Å². The predicted molar refractivity (Wildman–Crippen MR) is 41.0 cm³/mol. The first-order valence-corrected chi connectivity index (χ1v) is 14.2. The molecule has 64 valence electrons. The van der Waals surface area contributed by atoms with Crippen LogP contribution in [-0.4, -0.2) is 34.0 Å². The Kier molecular flexibility index (Phi) is 3.98. The summed E-state index contributed by atoms with van der Waals surface area (Å²) in [6.07, 6.45) is 0. The third-order valence-corrected chi connectivity index (χ3v) is 6.84. The zero-order valence-corrected chi connectivity index (χ0v) is 11.0. The summed E-state index contributed by atoms with van der Waals surface area (Å²) in [6.45, 7) is 2.62. The average molecular weight is 355 g/mol. The van der Waals surface area contributed by atoms with Crippen molar-refractivity contribution in [2.24, 2.45) is 0 Å². The average Bonchev–Trinajstić information content (AvgIpc) is 1.53. The topological polar surface area (TPSA) is 52.6 Å². The van der Waals surface area contributed by atoms with Crippen LogP contribution in [0.4, 0.5) is 0 Å². The van der Waals surface area contributed by atoms with Crippen molar-refractivity contribution >= 4 is 34.0 Å². The Hall–Kier alpha value is -0.138. The van der Waals surface area contributed by atoms with E-state index in [1.807, 2.05) is 0 Å². The van der Waals surface area contributed by atoms with Crippen LogP contribution in [0.3, 0.4) is 0 Å². The van der Waals surface area contributed by atoms with Gasteiger partial charge >= 0.3 is 71.8 Å². The molecule has 0 saturated heterocycles. The van der Waals surface area contributed by atoms with Crippen molar-refractivity contribution in [1.29, 1.82) is 0 Å². The molecule has 0 amide bonds. The van der Waals surface area contributed by atoms with Crippen molar-refractivity contribution in [3.8, 4) is 0 Å².